The predicted molar refractivity (Wildman–Crippen MR) is 96.8 cm³/mol. The smallest absolute Gasteiger partial charge is 0.330 e. The van der Waals surface area contributed by atoms with Crippen LogP contribution in [0.5, 0.6) is 0 Å². The molecule has 4 atom stereocenters. The van der Waals surface area contributed by atoms with E-state index in [1.165, 1.54) is 30.6 Å². The van der Waals surface area contributed by atoms with Crippen LogP contribution in [0, 0.1) is 0 Å². The number of rotatable bonds is 4. The van der Waals surface area contributed by atoms with E-state index in [4.69, 9.17) is 20.8 Å². The van der Waals surface area contributed by atoms with Gasteiger partial charge in [0.25, 0.3) is 5.22 Å². The number of β-lactam (4-membered cyclic amide) rings is 1. The molecule has 4 rings (SSSR count). The molecule has 0 N–H and O–H groups in total. The lowest BCUT2D eigenvalue weighted by atomic mass is 9.98. The Balaban J connectivity index is 1.56. The number of carbonyl (C=O) groups is 2. The standard InChI is InChI=1S/C16H15ClN2O4S2/c1-16(7-24-15-18-8-5-3-4-6-9(8)23-15)11(14(21)22-2)19-12(20)10(17)13(19)25-16/h3-6,10-11,13H,7H2,1-2H3/t10-,11-,13+,16-/m0/s1. The van der Waals surface area contributed by atoms with Gasteiger partial charge in [-0.1, -0.05) is 23.9 Å². The highest BCUT2D eigenvalue weighted by Crippen LogP contribution is 2.54. The van der Waals surface area contributed by atoms with Gasteiger partial charge in [-0.15, -0.1) is 23.4 Å². The summed E-state index contributed by atoms with van der Waals surface area (Å²) in [6.07, 6.45) is 0. The number of thioether (sulfide) groups is 2. The fraction of sp³-hybridized carbons (Fsp3) is 0.438. The molecule has 2 fully saturated rings. The molecule has 25 heavy (non-hydrogen) atoms. The second kappa shape index (κ2) is 6.10. The van der Waals surface area contributed by atoms with E-state index < -0.39 is 22.1 Å². The molecule has 3 heterocycles. The number of fused-ring (bicyclic) bond motifs is 2. The first-order valence-corrected chi connectivity index (χ1v) is 9.95. The maximum atomic E-state index is 12.3. The third-order valence-electron chi connectivity index (χ3n) is 4.44. The molecule has 0 saturated carbocycles. The van der Waals surface area contributed by atoms with Crippen LogP contribution in [-0.4, -0.2) is 56.2 Å². The van der Waals surface area contributed by atoms with Crippen molar-refractivity contribution in [3.05, 3.63) is 24.3 Å². The largest absolute Gasteiger partial charge is 0.467 e. The number of carbonyl (C=O) groups excluding carboxylic acids is 2. The molecule has 1 aromatic heterocycles. The Kier molecular flexibility index (Phi) is 4.16. The topological polar surface area (TPSA) is 72.6 Å². The number of alkyl halides is 1. The SMILES string of the molecule is COC(=O)[C@@H]1N2C(=O)[C@H](Cl)[C@H]2S[C@@]1(C)CSc1nc2ccccc2o1. The molecule has 9 heteroatoms. The van der Waals surface area contributed by atoms with E-state index in [1.807, 2.05) is 31.2 Å². The molecule has 132 valence electrons. The van der Waals surface area contributed by atoms with Crippen LogP contribution in [0.3, 0.4) is 0 Å². The lowest BCUT2D eigenvalue weighted by Gasteiger charge is -2.40. The summed E-state index contributed by atoms with van der Waals surface area (Å²) in [6.45, 7) is 1.95. The second-order valence-corrected chi connectivity index (χ2v) is 9.18. The number of esters is 1. The first-order valence-electron chi connectivity index (χ1n) is 7.65. The van der Waals surface area contributed by atoms with Gasteiger partial charge in [0, 0.05) is 5.75 Å². The first-order chi connectivity index (χ1) is 11.9. The number of nitrogens with zero attached hydrogens (tertiary/aromatic N) is 2. The molecule has 0 radical (unpaired) electrons. The molecule has 2 saturated heterocycles. The Labute approximate surface area is 157 Å². The van der Waals surface area contributed by atoms with Gasteiger partial charge in [0.05, 0.1) is 11.9 Å². The van der Waals surface area contributed by atoms with Gasteiger partial charge in [-0.2, -0.15) is 0 Å². The Morgan fingerprint density at radius 2 is 2.28 bits per heavy atom. The van der Waals surface area contributed by atoms with Crippen molar-refractivity contribution in [2.75, 3.05) is 12.9 Å². The highest BCUT2D eigenvalue weighted by molar-refractivity contribution is 8.04. The number of hydrogen-bond acceptors (Lipinski definition) is 7. The summed E-state index contributed by atoms with van der Waals surface area (Å²) in [5.41, 5.74) is 1.51. The van der Waals surface area contributed by atoms with Gasteiger partial charge >= 0.3 is 5.97 Å². The highest BCUT2D eigenvalue weighted by Gasteiger charge is 2.65. The average Bonchev–Trinajstić information content (AvgIpc) is 3.16. The van der Waals surface area contributed by atoms with Gasteiger partial charge in [0.15, 0.2) is 5.58 Å². The Bertz CT molecular complexity index is 827. The maximum Gasteiger partial charge on any atom is 0.330 e. The number of benzene rings is 1. The normalized spacial score (nSPS) is 31.1. The van der Waals surface area contributed by atoms with E-state index in [0.29, 0.717) is 11.0 Å². The summed E-state index contributed by atoms with van der Waals surface area (Å²) >= 11 is 9.07. The third-order valence-corrected chi connectivity index (χ3v) is 8.01. The van der Waals surface area contributed by atoms with Gasteiger partial charge in [-0.25, -0.2) is 9.78 Å². The quantitative estimate of drug-likeness (QED) is 0.339. The Morgan fingerprint density at radius 3 is 3.00 bits per heavy atom. The van der Waals surface area contributed by atoms with E-state index in [0.717, 1.165) is 11.1 Å². The highest BCUT2D eigenvalue weighted by atomic mass is 35.5. The molecular weight excluding hydrogens is 384 g/mol. The van der Waals surface area contributed by atoms with Crippen molar-refractivity contribution in [2.45, 2.75) is 33.7 Å². The third kappa shape index (κ3) is 2.62. The zero-order valence-electron chi connectivity index (χ0n) is 13.5. The molecule has 2 aliphatic rings. The van der Waals surface area contributed by atoms with E-state index >= 15 is 0 Å². The Hall–Kier alpha value is -1.38. The van der Waals surface area contributed by atoms with Crippen LogP contribution >= 0.6 is 35.1 Å². The molecule has 0 aliphatic carbocycles. The average molecular weight is 399 g/mol. The van der Waals surface area contributed by atoms with Gasteiger partial charge < -0.3 is 14.1 Å². The van der Waals surface area contributed by atoms with Gasteiger partial charge in [0.2, 0.25) is 5.91 Å². The van der Waals surface area contributed by atoms with Crippen molar-refractivity contribution < 1.29 is 18.7 Å². The first kappa shape index (κ1) is 17.1. The zero-order chi connectivity index (χ0) is 17.8. The summed E-state index contributed by atoms with van der Waals surface area (Å²) in [6, 6.07) is 6.87. The Morgan fingerprint density at radius 1 is 1.52 bits per heavy atom. The molecule has 6 nitrogen and oxygen atoms in total. The lowest BCUT2D eigenvalue weighted by molar-refractivity contribution is -0.158. The van der Waals surface area contributed by atoms with E-state index in [1.54, 1.807) is 4.90 Å². The monoisotopic (exact) mass is 398 g/mol. The number of hydrogen-bond donors (Lipinski definition) is 0. The van der Waals surface area contributed by atoms with Crippen LogP contribution in [0.15, 0.2) is 33.9 Å². The van der Waals surface area contributed by atoms with Gasteiger partial charge in [0.1, 0.15) is 22.3 Å². The summed E-state index contributed by atoms with van der Waals surface area (Å²) in [5, 5.41) is -0.254. The van der Waals surface area contributed by atoms with Gasteiger partial charge in [-0.05, 0) is 19.1 Å². The van der Waals surface area contributed by atoms with E-state index in [9.17, 15) is 9.59 Å². The number of aromatic nitrogens is 1. The van der Waals surface area contributed by atoms with Crippen LogP contribution in [0.1, 0.15) is 6.92 Å². The minimum absolute atomic E-state index is 0.201. The minimum atomic E-state index is -0.660. The number of para-hydroxylation sites is 2. The minimum Gasteiger partial charge on any atom is -0.467 e. The number of oxazole rings is 1. The second-order valence-electron chi connectivity index (χ2n) is 6.13. The zero-order valence-corrected chi connectivity index (χ0v) is 15.9. The van der Waals surface area contributed by atoms with Crippen LogP contribution in [-0.2, 0) is 14.3 Å². The van der Waals surface area contributed by atoms with Crippen LogP contribution < -0.4 is 0 Å². The number of halogens is 1. The molecule has 1 amide bonds. The fourth-order valence-electron chi connectivity index (χ4n) is 3.18. The van der Waals surface area contributed by atoms with Crippen molar-refractivity contribution in [3.8, 4) is 0 Å². The molecule has 0 bridgehead atoms. The fourth-order valence-corrected chi connectivity index (χ4v) is 6.36. The molecule has 2 aromatic rings. The molecule has 0 unspecified atom stereocenters. The van der Waals surface area contributed by atoms with Crippen molar-refractivity contribution in [1.82, 2.24) is 9.88 Å². The predicted octanol–water partition coefficient (Wildman–Crippen LogP) is 2.74. The summed E-state index contributed by atoms with van der Waals surface area (Å²) in [5.74, 6) is -0.105. The number of methoxy groups -OCH3 is 1. The number of amides is 1. The van der Waals surface area contributed by atoms with Crippen LogP contribution in [0.2, 0.25) is 0 Å². The van der Waals surface area contributed by atoms with Crippen LogP contribution in [0.25, 0.3) is 11.1 Å². The summed E-state index contributed by atoms with van der Waals surface area (Å²) in [7, 11) is 1.33. The van der Waals surface area contributed by atoms with E-state index in [-0.39, 0.29) is 11.3 Å². The van der Waals surface area contributed by atoms with Crippen LogP contribution in [0.4, 0.5) is 0 Å². The van der Waals surface area contributed by atoms with Crippen molar-refractivity contribution in [3.63, 3.8) is 0 Å². The molecular formula is C16H15ClN2O4S2. The summed E-state index contributed by atoms with van der Waals surface area (Å²) in [4.78, 5) is 30.4. The maximum absolute atomic E-state index is 12.3. The van der Waals surface area contributed by atoms with E-state index in [2.05, 4.69) is 4.98 Å². The molecule has 1 aromatic carbocycles. The lowest BCUT2D eigenvalue weighted by Crippen LogP contribution is -2.64. The molecule has 0 spiro atoms. The van der Waals surface area contributed by atoms with Gasteiger partial charge in [-0.3, -0.25) is 4.79 Å². The van der Waals surface area contributed by atoms with Crippen molar-refractivity contribution in [2.24, 2.45) is 0 Å². The number of ether oxygens (including phenoxy) is 1. The molecule has 2 aliphatic heterocycles. The van der Waals surface area contributed by atoms with Crippen molar-refractivity contribution >= 4 is 58.1 Å². The van der Waals surface area contributed by atoms with Crippen molar-refractivity contribution in [1.29, 1.82) is 0 Å². The summed E-state index contributed by atoms with van der Waals surface area (Å²) < 4.78 is 10.1.